The molecule has 0 saturated carbocycles. The summed E-state index contributed by atoms with van der Waals surface area (Å²) in [6, 6.07) is 7.15. The van der Waals surface area contributed by atoms with Crippen molar-refractivity contribution >= 4 is 11.5 Å². The Hall–Kier alpha value is -3.85. The number of aromatic nitrogens is 4. The minimum Gasteiger partial charge on any atom is -0.415 e. The first-order valence-electron chi connectivity index (χ1n) is 9.53. The number of aliphatic hydroxyl groups excluding tert-OH is 1. The summed E-state index contributed by atoms with van der Waals surface area (Å²) < 4.78 is 5.76. The summed E-state index contributed by atoms with van der Waals surface area (Å²) in [6.07, 6.45) is 3.71. The Morgan fingerprint density at radius 3 is 2.61 bits per heavy atom. The number of aliphatic hydroxyl groups is 1. The summed E-state index contributed by atoms with van der Waals surface area (Å²) in [7, 11) is 3.42. The van der Waals surface area contributed by atoms with Crippen molar-refractivity contribution in [2.75, 3.05) is 14.1 Å². The van der Waals surface area contributed by atoms with Crippen LogP contribution in [0.25, 0.3) is 28.4 Å². The maximum Gasteiger partial charge on any atom is 0.268 e. The second-order valence-corrected chi connectivity index (χ2v) is 7.05. The average molecular weight is 420 g/mol. The Morgan fingerprint density at radius 1 is 1.26 bits per heavy atom. The molecule has 0 saturated heterocycles. The first-order chi connectivity index (χ1) is 14.8. The molecule has 0 aliphatic rings. The third-order valence-electron chi connectivity index (χ3n) is 4.45. The van der Waals surface area contributed by atoms with Gasteiger partial charge >= 0.3 is 0 Å². The van der Waals surface area contributed by atoms with Gasteiger partial charge in [-0.25, -0.2) is 4.98 Å². The molecule has 2 N–H and O–H groups in total. The molecule has 3 rings (SSSR count). The van der Waals surface area contributed by atoms with Crippen LogP contribution in [0.2, 0.25) is 0 Å². The Kier molecular flexibility index (Phi) is 6.56. The predicted molar refractivity (Wildman–Crippen MR) is 117 cm³/mol. The highest BCUT2D eigenvalue weighted by molar-refractivity contribution is 5.94. The van der Waals surface area contributed by atoms with E-state index in [0.717, 1.165) is 5.56 Å². The van der Waals surface area contributed by atoms with Gasteiger partial charge in [-0.05, 0) is 32.1 Å². The van der Waals surface area contributed by atoms with Gasteiger partial charge in [0.25, 0.3) is 11.8 Å². The second-order valence-electron chi connectivity index (χ2n) is 7.05. The van der Waals surface area contributed by atoms with Crippen LogP contribution in [0.1, 0.15) is 28.9 Å². The Balaban J connectivity index is 1.88. The molecular formula is C22H24N6O3. The van der Waals surface area contributed by atoms with Crippen LogP contribution in [0.3, 0.4) is 0 Å². The summed E-state index contributed by atoms with van der Waals surface area (Å²) >= 11 is 0. The number of nitrogens with one attached hydrogen (secondary N) is 1. The summed E-state index contributed by atoms with van der Waals surface area (Å²) in [6.45, 7) is 7.07. The molecule has 0 fully saturated rings. The topological polar surface area (TPSA) is 117 Å². The third-order valence-corrected chi connectivity index (χ3v) is 4.45. The second kappa shape index (κ2) is 9.31. The SMILES string of the molecule is C=CC(O)N/C=C(\C)c1nnc(-c2nc(-c3ccc(C(=O)N(C)C)cc3)cnc2C)o1. The van der Waals surface area contributed by atoms with Crippen LogP contribution in [0.4, 0.5) is 0 Å². The van der Waals surface area contributed by atoms with Crippen molar-refractivity contribution < 1.29 is 14.3 Å². The molecule has 0 bridgehead atoms. The highest BCUT2D eigenvalue weighted by Crippen LogP contribution is 2.25. The summed E-state index contributed by atoms with van der Waals surface area (Å²) in [5, 5.41) is 20.4. The average Bonchev–Trinajstić information content (AvgIpc) is 3.27. The molecule has 0 aliphatic carbocycles. The number of nitrogens with zero attached hydrogens (tertiary/aromatic N) is 5. The van der Waals surface area contributed by atoms with E-state index < -0.39 is 6.23 Å². The maximum absolute atomic E-state index is 12.1. The van der Waals surface area contributed by atoms with Gasteiger partial charge in [-0.1, -0.05) is 18.7 Å². The summed E-state index contributed by atoms with van der Waals surface area (Å²) in [5.74, 6) is 0.453. The van der Waals surface area contributed by atoms with Crippen LogP contribution in [0, 0.1) is 6.92 Å². The Labute approximate surface area is 180 Å². The van der Waals surface area contributed by atoms with Gasteiger partial charge in [0.2, 0.25) is 5.89 Å². The van der Waals surface area contributed by atoms with Crippen molar-refractivity contribution in [2.45, 2.75) is 20.1 Å². The fraction of sp³-hybridized carbons (Fsp3) is 0.227. The number of allylic oxidation sites excluding steroid dienone is 1. The molecule has 0 aliphatic heterocycles. The third kappa shape index (κ3) is 5.01. The van der Waals surface area contributed by atoms with Gasteiger partial charge in [-0.2, -0.15) is 0 Å². The highest BCUT2D eigenvalue weighted by Gasteiger charge is 2.16. The number of benzene rings is 1. The lowest BCUT2D eigenvalue weighted by Gasteiger charge is -2.10. The van der Waals surface area contributed by atoms with Crippen molar-refractivity contribution in [1.29, 1.82) is 0 Å². The monoisotopic (exact) mass is 420 g/mol. The number of rotatable bonds is 7. The van der Waals surface area contributed by atoms with Crippen LogP contribution >= 0.6 is 0 Å². The Morgan fingerprint density at radius 2 is 1.97 bits per heavy atom. The van der Waals surface area contributed by atoms with E-state index in [0.29, 0.717) is 28.2 Å². The number of carbonyl (C=O) groups excluding carboxylic acids is 1. The van der Waals surface area contributed by atoms with Crippen molar-refractivity contribution in [1.82, 2.24) is 30.4 Å². The van der Waals surface area contributed by atoms with Crippen molar-refractivity contribution in [3.8, 4) is 22.8 Å². The van der Waals surface area contributed by atoms with Gasteiger partial charge in [0.1, 0.15) is 11.9 Å². The van der Waals surface area contributed by atoms with Crippen molar-refractivity contribution in [3.63, 3.8) is 0 Å². The molecule has 2 aromatic heterocycles. The molecule has 9 nitrogen and oxygen atoms in total. The van der Waals surface area contributed by atoms with Crippen molar-refractivity contribution in [3.05, 3.63) is 66.5 Å². The van der Waals surface area contributed by atoms with E-state index in [1.807, 2.05) is 12.1 Å². The van der Waals surface area contributed by atoms with E-state index in [1.54, 1.807) is 52.5 Å². The minimum absolute atomic E-state index is 0.0702. The fourth-order valence-corrected chi connectivity index (χ4v) is 2.65. The van der Waals surface area contributed by atoms with Crippen LogP contribution in [-0.4, -0.2) is 56.4 Å². The molecule has 0 spiro atoms. The number of hydrogen-bond donors (Lipinski definition) is 2. The zero-order chi connectivity index (χ0) is 22.5. The number of hydrogen-bond acceptors (Lipinski definition) is 8. The number of amides is 1. The first kappa shape index (κ1) is 21.8. The van der Waals surface area contributed by atoms with E-state index >= 15 is 0 Å². The molecule has 1 atom stereocenters. The quantitative estimate of drug-likeness (QED) is 0.443. The Bertz CT molecular complexity index is 1120. The van der Waals surface area contributed by atoms with E-state index in [9.17, 15) is 9.90 Å². The molecule has 31 heavy (non-hydrogen) atoms. The highest BCUT2D eigenvalue weighted by atomic mass is 16.4. The van der Waals surface area contributed by atoms with E-state index in [1.165, 1.54) is 11.0 Å². The molecule has 1 amide bonds. The zero-order valence-electron chi connectivity index (χ0n) is 17.8. The maximum atomic E-state index is 12.1. The minimum atomic E-state index is -0.874. The van der Waals surface area contributed by atoms with Crippen LogP contribution in [0.5, 0.6) is 0 Å². The van der Waals surface area contributed by atoms with Crippen LogP contribution in [0.15, 0.2) is 53.7 Å². The lowest BCUT2D eigenvalue weighted by Crippen LogP contribution is -2.21. The largest absolute Gasteiger partial charge is 0.415 e. The van der Waals surface area contributed by atoms with E-state index in [-0.39, 0.29) is 17.7 Å². The molecule has 9 heteroatoms. The normalized spacial score (nSPS) is 12.4. The molecule has 3 aromatic rings. The molecule has 1 unspecified atom stereocenters. The molecule has 2 heterocycles. The predicted octanol–water partition coefficient (Wildman–Crippen LogP) is 2.66. The number of carbonyl (C=O) groups is 1. The first-order valence-corrected chi connectivity index (χ1v) is 9.53. The van der Waals surface area contributed by atoms with Gasteiger partial charge in [0.05, 0.1) is 17.6 Å². The lowest BCUT2D eigenvalue weighted by molar-refractivity contribution is 0.0827. The van der Waals surface area contributed by atoms with E-state index in [2.05, 4.69) is 32.1 Å². The van der Waals surface area contributed by atoms with Crippen molar-refractivity contribution in [2.24, 2.45) is 0 Å². The standard InChI is InChI=1S/C22H24N6O3/c1-6-18(29)24-11-13(2)20-26-27-21(31-20)19-14(3)23-12-17(25-19)15-7-9-16(10-8-15)22(30)28(4)5/h6-12,18,24,29H,1H2,2-5H3/b13-11+. The molecule has 160 valence electrons. The molecule has 1 aromatic carbocycles. The lowest BCUT2D eigenvalue weighted by atomic mass is 10.1. The fourth-order valence-electron chi connectivity index (χ4n) is 2.65. The van der Waals surface area contributed by atoms with E-state index in [4.69, 9.17) is 4.42 Å². The smallest absolute Gasteiger partial charge is 0.268 e. The van der Waals surface area contributed by atoms with Gasteiger partial charge in [0, 0.05) is 37.0 Å². The van der Waals surface area contributed by atoms with Crippen LogP contribution < -0.4 is 5.32 Å². The molecule has 0 radical (unpaired) electrons. The summed E-state index contributed by atoms with van der Waals surface area (Å²) in [4.78, 5) is 22.6. The number of aryl methyl sites for hydroxylation is 1. The summed E-state index contributed by atoms with van der Waals surface area (Å²) in [5.41, 5.74) is 3.77. The van der Waals surface area contributed by atoms with Gasteiger partial charge in [0.15, 0.2) is 0 Å². The van der Waals surface area contributed by atoms with Gasteiger partial charge in [-0.15, -0.1) is 10.2 Å². The van der Waals surface area contributed by atoms with Gasteiger partial charge < -0.3 is 19.7 Å². The van der Waals surface area contributed by atoms with Gasteiger partial charge in [-0.3, -0.25) is 9.78 Å². The molecular weight excluding hydrogens is 396 g/mol. The zero-order valence-corrected chi connectivity index (χ0v) is 17.8. The van der Waals surface area contributed by atoms with Crippen LogP contribution in [-0.2, 0) is 0 Å².